The summed E-state index contributed by atoms with van der Waals surface area (Å²) in [5.41, 5.74) is 0. The predicted molar refractivity (Wildman–Crippen MR) is 55.1 cm³/mol. The van der Waals surface area contributed by atoms with Gasteiger partial charge >= 0.3 is 0 Å². The van der Waals surface area contributed by atoms with E-state index in [1.807, 2.05) is 0 Å². The highest BCUT2D eigenvalue weighted by Crippen LogP contribution is 2.22. The van der Waals surface area contributed by atoms with Crippen molar-refractivity contribution in [3.8, 4) is 11.5 Å². The monoisotopic (exact) mass is 256 g/mol. The molecule has 94 valence electrons. The van der Waals surface area contributed by atoms with E-state index in [0.29, 0.717) is 11.8 Å². The van der Waals surface area contributed by atoms with Gasteiger partial charge in [0.1, 0.15) is 0 Å². The Labute approximate surface area is 100 Å². The third-order valence-electron chi connectivity index (χ3n) is 2.00. The van der Waals surface area contributed by atoms with Gasteiger partial charge in [-0.25, -0.2) is 8.78 Å². The van der Waals surface area contributed by atoms with Crippen molar-refractivity contribution in [1.29, 1.82) is 0 Å². The average molecular weight is 256 g/mol. The van der Waals surface area contributed by atoms with Gasteiger partial charge in [0.25, 0.3) is 0 Å². The van der Waals surface area contributed by atoms with E-state index in [0.717, 1.165) is 6.07 Å². The summed E-state index contributed by atoms with van der Waals surface area (Å²) < 4.78 is 38.5. The van der Waals surface area contributed by atoms with Gasteiger partial charge in [-0.1, -0.05) is 18.2 Å². The van der Waals surface area contributed by atoms with Crippen LogP contribution >= 0.6 is 0 Å². The zero-order chi connectivity index (χ0) is 13.0. The second-order valence-corrected chi connectivity index (χ2v) is 3.22. The molecule has 0 spiro atoms. The molecule has 0 saturated carbocycles. The summed E-state index contributed by atoms with van der Waals surface area (Å²) in [5, 5.41) is 4.25. The second-order valence-electron chi connectivity index (χ2n) is 3.22. The van der Waals surface area contributed by atoms with E-state index in [-0.39, 0.29) is 0 Å². The van der Waals surface area contributed by atoms with Gasteiger partial charge < -0.3 is 0 Å². The van der Waals surface area contributed by atoms with Gasteiger partial charge in [0, 0.05) is 5.04 Å². The fourth-order valence-electron chi connectivity index (χ4n) is 1.14. The average Bonchev–Trinajstić information content (AvgIpc) is 2.40. The molecular formula is C12H7F3O3. The van der Waals surface area contributed by atoms with Crippen molar-refractivity contribution >= 4 is 0 Å². The van der Waals surface area contributed by atoms with Crippen LogP contribution in [0.2, 0.25) is 0 Å². The molecule has 0 amide bonds. The molecule has 0 fully saturated rings. The number of rotatable bonds is 4. The minimum atomic E-state index is -1.64. The van der Waals surface area contributed by atoms with Crippen molar-refractivity contribution in [1.82, 2.24) is 0 Å². The molecule has 2 aromatic rings. The number of hydrogen-bond donors (Lipinski definition) is 0. The van der Waals surface area contributed by atoms with E-state index < -0.39 is 23.2 Å². The first-order valence-electron chi connectivity index (χ1n) is 4.88. The third kappa shape index (κ3) is 2.72. The molecule has 0 atom stereocenters. The number of halogens is 3. The molecule has 6 heteroatoms. The normalized spacial score (nSPS) is 10.2. The van der Waals surface area contributed by atoms with Crippen molar-refractivity contribution in [3.63, 3.8) is 0 Å². The summed E-state index contributed by atoms with van der Waals surface area (Å²) >= 11 is 0. The maximum Gasteiger partial charge on any atom is 0.208 e. The standard InChI is InChI=1S/C12H7F3O3/c13-9-6-7-10(12(15)11(9)14)17-18-16-8-4-2-1-3-5-8/h1-7H. The maximum absolute atomic E-state index is 13.1. The zero-order valence-corrected chi connectivity index (χ0v) is 8.90. The highest BCUT2D eigenvalue weighted by Gasteiger charge is 2.15. The summed E-state index contributed by atoms with van der Waals surface area (Å²) in [4.78, 5) is 9.00. The van der Waals surface area contributed by atoms with Crippen LogP contribution in [0.15, 0.2) is 42.5 Å². The number of hydrogen-bond acceptors (Lipinski definition) is 3. The Balaban J connectivity index is 1.97. The lowest BCUT2D eigenvalue weighted by Gasteiger charge is -2.05. The zero-order valence-electron chi connectivity index (χ0n) is 8.90. The van der Waals surface area contributed by atoms with E-state index in [2.05, 4.69) is 14.8 Å². The Bertz CT molecular complexity index is 532. The fourth-order valence-corrected chi connectivity index (χ4v) is 1.14. The summed E-state index contributed by atoms with van der Waals surface area (Å²) in [6.07, 6.45) is 0. The first kappa shape index (κ1) is 12.3. The van der Waals surface area contributed by atoms with Crippen LogP contribution < -0.4 is 9.78 Å². The molecule has 0 aliphatic rings. The van der Waals surface area contributed by atoms with E-state index in [1.54, 1.807) is 30.3 Å². The van der Waals surface area contributed by atoms with Gasteiger partial charge in [0.05, 0.1) is 0 Å². The lowest BCUT2D eigenvalue weighted by atomic mass is 10.3. The van der Waals surface area contributed by atoms with Gasteiger partial charge in [-0.3, -0.25) is 9.78 Å². The summed E-state index contributed by atoms with van der Waals surface area (Å²) in [5.74, 6) is -4.77. The van der Waals surface area contributed by atoms with E-state index in [9.17, 15) is 13.2 Å². The van der Waals surface area contributed by atoms with Crippen LogP contribution in [0.3, 0.4) is 0 Å². The van der Waals surface area contributed by atoms with Crippen molar-refractivity contribution in [3.05, 3.63) is 59.9 Å². The Kier molecular flexibility index (Phi) is 3.69. The topological polar surface area (TPSA) is 27.7 Å². The Morgan fingerprint density at radius 1 is 0.722 bits per heavy atom. The molecule has 0 heterocycles. The van der Waals surface area contributed by atoms with Crippen LogP contribution in [0.4, 0.5) is 13.2 Å². The molecule has 0 saturated heterocycles. The Morgan fingerprint density at radius 3 is 2.17 bits per heavy atom. The fraction of sp³-hybridized carbons (Fsp3) is 0. The van der Waals surface area contributed by atoms with Crippen molar-refractivity contribution < 1.29 is 28.0 Å². The molecule has 3 nitrogen and oxygen atoms in total. The van der Waals surface area contributed by atoms with Crippen LogP contribution in [-0.4, -0.2) is 0 Å². The molecule has 0 aliphatic heterocycles. The van der Waals surface area contributed by atoms with Gasteiger partial charge in [-0.05, 0) is 24.3 Å². The van der Waals surface area contributed by atoms with E-state index in [1.165, 1.54) is 0 Å². The van der Waals surface area contributed by atoms with Crippen LogP contribution in [0.1, 0.15) is 0 Å². The minimum Gasteiger partial charge on any atom is -0.299 e. The largest absolute Gasteiger partial charge is 0.299 e. The molecule has 0 unspecified atom stereocenters. The highest BCUT2D eigenvalue weighted by atomic mass is 19.2. The quantitative estimate of drug-likeness (QED) is 0.476. The summed E-state index contributed by atoms with van der Waals surface area (Å²) in [6, 6.07) is 9.81. The maximum atomic E-state index is 13.1. The van der Waals surface area contributed by atoms with Crippen molar-refractivity contribution in [2.45, 2.75) is 0 Å². The first-order valence-corrected chi connectivity index (χ1v) is 4.88. The minimum absolute atomic E-state index is 0.306. The molecular weight excluding hydrogens is 249 g/mol. The molecule has 0 bridgehead atoms. The highest BCUT2D eigenvalue weighted by molar-refractivity contribution is 5.25. The van der Waals surface area contributed by atoms with Crippen molar-refractivity contribution in [2.75, 3.05) is 0 Å². The van der Waals surface area contributed by atoms with Crippen LogP contribution in [0.25, 0.3) is 0 Å². The number of benzene rings is 2. The second kappa shape index (κ2) is 5.42. The molecule has 2 aromatic carbocycles. The van der Waals surface area contributed by atoms with E-state index in [4.69, 9.17) is 0 Å². The van der Waals surface area contributed by atoms with Crippen LogP contribution in [0, 0.1) is 17.5 Å². The van der Waals surface area contributed by atoms with Crippen LogP contribution in [-0.2, 0) is 5.04 Å². The van der Waals surface area contributed by atoms with Gasteiger partial charge in [-0.15, -0.1) is 0 Å². The van der Waals surface area contributed by atoms with E-state index >= 15 is 0 Å². The lowest BCUT2D eigenvalue weighted by Crippen LogP contribution is -2.04. The smallest absolute Gasteiger partial charge is 0.208 e. The SMILES string of the molecule is Fc1ccc(OOOc2ccccc2)c(F)c1F. The number of para-hydroxylation sites is 1. The van der Waals surface area contributed by atoms with Gasteiger partial charge in [0.2, 0.25) is 11.6 Å². The molecule has 0 N–H and O–H groups in total. The van der Waals surface area contributed by atoms with Gasteiger partial charge in [-0.2, -0.15) is 4.39 Å². The summed E-state index contributed by atoms with van der Waals surface area (Å²) in [7, 11) is 0. The van der Waals surface area contributed by atoms with Gasteiger partial charge in [0.15, 0.2) is 17.4 Å². The Morgan fingerprint density at radius 2 is 1.44 bits per heavy atom. The summed E-state index contributed by atoms with van der Waals surface area (Å²) in [6.45, 7) is 0. The molecule has 18 heavy (non-hydrogen) atoms. The Hall–Kier alpha value is -2.21. The first-order chi connectivity index (χ1) is 8.68. The lowest BCUT2D eigenvalue weighted by molar-refractivity contribution is -0.412. The molecule has 0 radical (unpaired) electrons. The molecule has 2 rings (SSSR count). The predicted octanol–water partition coefficient (Wildman–Crippen LogP) is 3.41. The molecule has 0 aromatic heterocycles. The van der Waals surface area contributed by atoms with Crippen LogP contribution in [0.5, 0.6) is 11.5 Å². The molecule has 0 aliphatic carbocycles. The van der Waals surface area contributed by atoms with Crippen molar-refractivity contribution in [2.24, 2.45) is 0 Å². The third-order valence-corrected chi connectivity index (χ3v) is 2.00.